The summed E-state index contributed by atoms with van der Waals surface area (Å²) in [6, 6.07) is 21.9. The van der Waals surface area contributed by atoms with Crippen LogP contribution in [0.1, 0.15) is 53.7 Å². The predicted octanol–water partition coefficient (Wildman–Crippen LogP) is 6.56. The highest BCUT2D eigenvalue weighted by atomic mass is 16.5. The minimum absolute atomic E-state index is 0.114. The van der Waals surface area contributed by atoms with Crippen LogP contribution >= 0.6 is 0 Å². The summed E-state index contributed by atoms with van der Waals surface area (Å²) in [5, 5.41) is 6.78. The van der Waals surface area contributed by atoms with Crippen LogP contribution in [0.5, 0.6) is 11.5 Å². The van der Waals surface area contributed by atoms with Gasteiger partial charge in [-0.05, 0) is 79.8 Å². The molecule has 3 aromatic carbocycles. The first-order valence-electron chi connectivity index (χ1n) is 12.0. The molecule has 0 spiro atoms. The van der Waals surface area contributed by atoms with E-state index in [0.29, 0.717) is 24.7 Å². The SMILES string of the molecule is CCOc1ccc(NC(=O)c2cccc3c2NC(c2ccc(OCC)cc2)C2CC=CC32)cc1. The number of hydrogen-bond donors (Lipinski definition) is 2. The normalized spacial score (nSPS) is 20.1. The number of amides is 1. The van der Waals surface area contributed by atoms with Crippen LogP contribution in [0.2, 0.25) is 0 Å². The van der Waals surface area contributed by atoms with Gasteiger partial charge in [-0.15, -0.1) is 0 Å². The summed E-state index contributed by atoms with van der Waals surface area (Å²) in [6.07, 6.45) is 5.57. The number of rotatable bonds is 7. The third-order valence-electron chi connectivity index (χ3n) is 6.61. The van der Waals surface area contributed by atoms with E-state index in [2.05, 4.69) is 41.0 Å². The molecule has 3 atom stereocenters. The van der Waals surface area contributed by atoms with Crippen molar-refractivity contribution in [1.29, 1.82) is 0 Å². The number of anilines is 2. The fourth-order valence-corrected chi connectivity index (χ4v) is 5.08. The first-order chi connectivity index (χ1) is 16.7. The molecule has 3 aromatic rings. The van der Waals surface area contributed by atoms with Gasteiger partial charge in [0.15, 0.2) is 0 Å². The molecule has 0 saturated carbocycles. The lowest BCUT2D eigenvalue weighted by Crippen LogP contribution is -2.30. The Hall–Kier alpha value is -3.73. The van der Waals surface area contributed by atoms with Gasteiger partial charge in [-0.1, -0.05) is 36.4 Å². The lowest BCUT2D eigenvalue weighted by Gasteiger charge is -2.38. The lowest BCUT2D eigenvalue weighted by molar-refractivity contribution is 0.102. The van der Waals surface area contributed by atoms with Crippen molar-refractivity contribution in [2.45, 2.75) is 32.2 Å². The van der Waals surface area contributed by atoms with Gasteiger partial charge in [0.2, 0.25) is 0 Å². The maximum absolute atomic E-state index is 13.3. The zero-order valence-electron chi connectivity index (χ0n) is 19.6. The second-order valence-electron chi connectivity index (χ2n) is 8.66. The summed E-state index contributed by atoms with van der Waals surface area (Å²) in [5.41, 5.74) is 4.69. The average Bonchev–Trinajstić information content (AvgIpc) is 3.36. The molecule has 1 aliphatic heterocycles. The Morgan fingerprint density at radius 1 is 0.941 bits per heavy atom. The quantitative estimate of drug-likeness (QED) is 0.397. The Labute approximate surface area is 200 Å². The van der Waals surface area contributed by atoms with Crippen LogP contribution < -0.4 is 20.1 Å². The van der Waals surface area contributed by atoms with Crippen molar-refractivity contribution in [3.05, 3.63) is 95.6 Å². The number of carbonyl (C=O) groups is 1. The monoisotopic (exact) mass is 454 g/mol. The van der Waals surface area contributed by atoms with Crippen molar-refractivity contribution in [3.63, 3.8) is 0 Å². The van der Waals surface area contributed by atoms with Gasteiger partial charge in [-0.2, -0.15) is 0 Å². The number of carbonyl (C=O) groups excluding carboxylic acids is 1. The van der Waals surface area contributed by atoms with E-state index in [-0.39, 0.29) is 17.9 Å². The molecular weight excluding hydrogens is 424 g/mol. The molecular formula is C29H30N2O3. The summed E-state index contributed by atoms with van der Waals surface area (Å²) in [7, 11) is 0. The maximum Gasteiger partial charge on any atom is 0.257 e. The van der Waals surface area contributed by atoms with Crippen LogP contribution in [0.15, 0.2) is 78.9 Å². The average molecular weight is 455 g/mol. The largest absolute Gasteiger partial charge is 0.494 e. The van der Waals surface area contributed by atoms with Crippen LogP contribution in [-0.4, -0.2) is 19.1 Å². The van der Waals surface area contributed by atoms with Crippen molar-refractivity contribution < 1.29 is 14.3 Å². The zero-order chi connectivity index (χ0) is 23.5. The Balaban J connectivity index is 1.43. The Kier molecular flexibility index (Phi) is 6.26. The molecule has 174 valence electrons. The van der Waals surface area contributed by atoms with Crippen LogP contribution in [0.4, 0.5) is 11.4 Å². The third kappa shape index (κ3) is 4.26. The summed E-state index contributed by atoms with van der Waals surface area (Å²) in [4.78, 5) is 13.3. The molecule has 5 nitrogen and oxygen atoms in total. The molecule has 0 radical (unpaired) electrons. The van der Waals surface area contributed by atoms with Crippen molar-refractivity contribution >= 4 is 17.3 Å². The standard InChI is InChI=1S/C29H30N2O3/c1-3-33-21-15-11-19(12-16-21)27-24-8-5-7-23(24)25-9-6-10-26(28(25)31-27)29(32)30-20-13-17-22(18-14-20)34-4-2/h5-7,9-18,23-24,27,31H,3-4,8H2,1-2H3,(H,30,32). The smallest absolute Gasteiger partial charge is 0.257 e. The van der Waals surface area contributed by atoms with Gasteiger partial charge in [0.05, 0.1) is 30.5 Å². The van der Waals surface area contributed by atoms with Gasteiger partial charge in [-0.25, -0.2) is 0 Å². The molecule has 0 fully saturated rings. The van der Waals surface area contributed by atoms with E-state index in [9.17, 15) is 4.79 Å². The fourth-order valence-electron chi connectivity index (χ4n) is 5.08. The van der Waals surface area contributed by atoms with E-state index in [1.807, 2.05) is 62.4 Å². The highest BCUT2D eigenvalue weighted by Crippen LogP contribution is 2.50. The topological polar surface area (TPSA) is 59.6 Å². The van der Waals surface area contributed by atoms with Gasteiger partial charge in [-0.3, -0.25) is 4.79 Å². The second kappa shape index (κ2) is 9.64. The first kappa shape index (κ1) is 22.1. The number of benzene rings is 3. The molecule has 0 bridgehead atoms. The third-order valence-corrected chi connectivity index (χ3v) is 6.61. The van der Waals surface area contributed by atoms with E-state index in [0.717, 1.165) is 29.3 Å². The molecule has 5 rings (SSSR count). The Morgan fingerprint density at radius 2 is 1.62 bits per heavy atom. The van der Waals surface area contributed by atoms with Gasteiger partial charge in [0, 0.05) is 11.6 Å². The van der Waals surface area contributed by atoms with E-state index in [1.54, 1.807) is 0 Å². The van der Waals surface area contributed by atoms with Gasteiger partial charge in [0.1, 0.15) is 11.5 Å². The van der Waals surface area contributed by atoms with Crippen LogP contribution in [0.3, 0.4) is 0 Å². The molecule has 2 N–H and O–H groups in total. The van der Waals surface area contributed by atoms with Crippen LogP contribution in [-0.2, 0) is 0 Å². The molecule has 2 aliphatic rings. The van der Waals surface area contributed by atoms with E-state index < -0.39 is 0 Å². The molecule has 1 amide bonds. The van der Waals surface area contributed by atoms with E-state index in [4.69, 9.17) is 9.47 Å². The second-order valence-corrected chi connectivity index (χ2v) is 8.66. The molecule has 1 heterocycles. The van der Waals surface area contributed by atoms with Crippen molar-refractivity contribution in [2.24, 2.45) is 5.92 Å². The van der Waals surface area contributed by atoms with Crippen LogP contribution in [0, 0.1) is 5.92 Å². The molecule has 5 heteroatoms. The fraction of sp³-hybridized carbons (Fsp3) is 0.276. The van der Waals surface area contributed by atoms with Gasteiger partial charge >= 0.3 is 0 Å². The number of allylic oxidation sites excluding steroid dienone is 2. The number of para-hydroxylation sites is 1. The number of nitrogens with one attached hydrogen (secondary N) is 2. The predicted molar refractivity (Wildman–Crippen MR) is 136 cm³/mol. The van der Waals surface area contributed by atoms with Crippen molar-refractivity contribution in [3.8, 4) is 11.5 Å². The zero-order valence-corrected chi connectivity index (χ0v) is 19.6. The molecule has 0 saturated heterocycles. The summed E-state index contributed by atoms with van der Waals surface area (Å²) >= 11 is 0. The Bertz CT molecular complexity index is 1190. The molecule has 0 aromatic heterocycles. The molecule has 34 heavy (non-hydrogen) atoms. The minimum atomic E-state index is -0.126. The Morgan fingerprint density at radius 3 is 2.29 bits per heavy atom. The van der Waals surface area contributed by atoms with E-state index in [1.165, 1.54) is 11.1 Å². The first-order valence-corrected chi connectivity index (χ1v) is 12.0. The molecule has 3 unspecified atom stereocenters. The van der Waals surface area contributed by atoms with Crippen molar-refractivity contribution in [2.75, 3.05) is 23.8 Å². The maximum atomic E-state index is 13.3. The van der Waals surface area contributed by atoms with Gasteiger partial charge < -0.3 is 20.1 Å². The van der Waals surface area contributed by atoms with Gasteiger partial charge in [0.25, 0.3) is 5.91 Å². The summed E-state index contributed by atoms with van der Waals surface area (Å²) in [6.45, 7) is 5.20. The van der Waals surface area contributed by atoms with Crippen molar-refractivity contribution in [1.82, 2.24) is 0 Å². The highest BCUT2D eigenvalue weighted by molar-refractivity contribution is 6.08. The summed E-state index contributed by atoms with van der Waals surface area (Å²) in [5.74, 6) is 2.23. The van der Waals surface area contributed by atoms with E-state index >= 15 is 0 Å². The summed E-state index contributed by atoms with van der Waals surface area (Å²) < 4.78 is 11.1. The lowest BCUT2D eigenvalue weighted by atomic mass is 9.76. The molecule has 1 aliphatic carbocycles. The highest BCUT2D eigenvalue weighted by Gasteiger charge is 2.39. The van der Waals surface area contributed by atoms with Crippen LogP contribution in [0.25, 0.3) is 0 Å². The minimum Gasteiger partial charge on any atom is -0.494 e. The number of hydrogen-bond acceptors (Lipinski definition) is 4. The number of fused-ring (bicyclic) bond motifs is 3. The number of ether oxygens (including phenoxy) is 2.